The number of benzene rings is 1. The van der Waals surface area contributed by atoms with Gasteiger partial charge in [0.2, 0.25) is 0 Å². The minimum absolute atomic E-state index is 0.312. The monoisotopic (exact) mass is 532 g/mol. The highest BCUT2D eigenvalue weighted by molar-refractivity contribution is 9.12. The first kappa shape index (κ1) is 26.5. The van der Waals surface area contributed by atoms with Gasteiger partial charge in [0, 0.05) is 62.6 Å². The maximum Gasteiger partial charge on any atom is 0.0991 e. The zero-order valence-corrected chi connectivity index (χ0v) is 22.3. The number of hydrogen-bond donors (Lipinski definition) is 1. The third-order valence-electron chi connectivity index (χ3n) is 5.93. The van der Waals surface area contributed by atoms with Gasteiger partial charge in [0.15, 0.2) is 0 Å². The quantitative estimate of drug-likeness (QED) is 0.424. The Morgan fingerprint density at radius 2 is 2.11 bits per heavy atom. The van der Waals surface area contributed by atoms with E-state index in [0.717, 1.165) is 66.2 Å². The molecule has 0 saturated carbocycles. The standard InChI is InChI=1S/C28H33BrN6/c1-21(33-17-25-9-5-11-32-16-25)13-28(34-22(2)27(29)18-31-3)26-10-6-12-35(20-26)19-24-8-4-7-23(14-24)15-30/h4-5,7-9,11,13-14,16,18,26,33H,6,10,12,17,19-20H2,1-3H3/b21-13+,27-22-,31-18?,34-28+. The van der Waals surface area contributed by atoms with Crippen LogP contribution in [0.15, 0.2) is 80.7 Å². The van der Waals surface area contributed by atoms with Crippen molar-refractivity contribution < 1.29 is 0 Å². The van der Waals surface area contributed by atoms with Crippen molar-refractivity contribution >= 4 is 27.9 Å². The van der Waals surface area contributed by atoms with Crippen LogP contribution in [0.4, 0.5) is 0 Å². The van der Waals surface area contributed by atoms with Crippen molar-refractivity contribution in [2.24, 2.45) is 15.9 Å². The van der Waals surface area contributed by atoms with E-state index in [1.165, 1.54) is 5.56 Å². The Labute approximate surface area is 217 Å². The largest absolute Gasteiger partial charge is 0.384 e. The predicted molar refractivity (Wildman–Crippen MR) is 147 cm³/mol. The number of hydrogen-bond acceptors (Lipinski definition) is 6. The van der Waals surface area contributed by atoms with Gasteiger partial charge >= 0.3 is 0 Å². The van der Waals surface area contributed by atoms with Crippen LogP contribution in [0.1, 0.15) is 43.4 Å². The lowest BCUT2D eigenvalue weighted by Gasteiger charge is -2.33. The van der Waals surface area contributed by atoms with E-state index in [0.29, 0.717) is 11.5 Å². The molecule has 0 aliphatic carbocycles. The van der Waals surface area contributed by atoms with Crippen molar-refractivity contribution in [3.05, 3.63) is 87.4 Å². The summed E-state index contributed by atoms with van der Waals surface area (Å²) in [6.45, 7) is 7.62. The van der Waals surface area contributed by atoms with Crippen molar-refractivity contribution in [1.82, 2.24) is 15.2 Å². The molecule has 182 valence electrons. The Hall–Kier alpha value is -3.08. The molecule has 1 saturated heterocycles. The molecule has 1 aliphatic rings. The summed E-state index contributed by atoms with van der Waals surface area (Å²) in [6, 6.07) is 14.2. The van der Waals surface area contributed by atoms with Gasteiger partial charge in [-0.3, -0.25) is 19.9 Å². The van der Waals surface area contributed by atoms with Gasteiger partial charge in [0.25, 0.3) is 0 Å². The minimum Gasteiger partial charge on any atom is -0.384 e. The summed E-state index contributed by atoms with van der Waals surface area (Å²) in [4.78, 5) is 15.8. The summed E-state index contributed by atoms with van der Waals surface area (Å²) in [5.74, 6) is 0.312. The van der Waals surface area contributed by atoms with Crippen molar-refractivity contribution in [3.8, 4) is 6.07 Å². The van der Waals surface area contributed by atoms with E-state index < -0.39 is 0 Å². The molecule has 1 N–H and O–H groups in total. The second kappa shape index (κ2) is 13.7. The molecule has 1 fully saturated rings. The summed E-state index contributed by atoms with van der Waals surface area (Å²) in [5.41, 5.74) is 6.06. The second-order valence-corrected chi connectivity index (χ2v) is 9.64. The normalized spacial score (nSPS) is 18.3. The molecule has 1 aromatic carbocycles. The number of halogens is 1. The van der Waals surface area contributed by atoms with E-state index in [9.17, 15) is 5.26 Å². The van der Waals surface area contributed by atoms with Crippen LogP contribution in [0.3, 0.4) is 0 Å². The van der Waals surface area contributed by atoms with Crippen LogP contribution in [0.25, 0.3) is 0 Å². The van der Waals surface area contributed by atoms with Crippen molar-refractivity contribution in [1.29, 1.82) is 5.26 Å². The first-order valence-corrected chi connectivity index (χ1v) is 12.7. The smallest absolute Gasteiger partial charge is 0.0991 e. The highest BCUT2D eigenvalue weighted by atomic mass is 79.9. The molecular formula is C28H33BrN6. The van der Waals surface area contributed by atoms with Crippen LogP contribution >= 0.6 is 15.9 Å². The number of nitrogens with zero attached hydrogens (tertiary/aromatic N) is 5. The van der Waals surface area contributed by atoms with Gasteiger partial charge in [-0.1, -0.05) is 18.2 Å². The third kappa shape index (κ3) is 8.57. The van der Waals surface area contributed by atoms with E-state index in [-0.39, 0.29) is 0 Å². The molecule has 3 rings (SSSR count). The van der Waals surface area contributed by atoms with Gasteiger partial charge in [0.1, 0.15) is 0 Å². The number of nitrogens with one attached hydrogen (secondary N) is 1. The van der Waals surface area contributed by atoms with Gasteiger partial charge in [-0.15, -0.1) is 0 Å². The van der Waals surface area contributed by atoms with Crippen LogP contribution in [-0.4, -0.2) is 41.9 Å². The van der Waals surface area contributed by atoms with Gasteiger partial charge in [-0.25, -0.2) is 0 Å². The van der Waals surface area contributed by atoms with Crippen molar-refractivity contribution in [3.63, 3.8) is 0 Å². The number of likely N-dealkylation sites (tertiary alicyclic amines) is 1. The Kier molecular flexibility index (Phi) is 10.4. The zero-order chi connectivity index (χ0) is 25.0. The fourth-order valence-corrected chi connectivity index (χ4v) is 4.44. The van der Waals surface area contributed by atoms with Gasteiger partial charge in [-0.2, -0.15) is 5.26 Å². The number of aliphatic imine (C=N–C) groups is 2. The van der Waals surface area contributed by atoms with Gasteiger partial charge in [-0.05, 0) is 84.6 Å². The molecule has 7 heteroatoms. The molecular weight excluding hydrogens is 500 g/mol. The average Bonchev–Trinajstić information content (AvgIpc) is 2.88. The molecule has 2 aromatic rings. The number of piperidine rings is 1. The van der Waals surface area contributed by atoms with Crippen LogP contribution in [0.5, 0.6) is 0 Å². The van der Waals surface area contributed by atoms with Crippen LogP contribution in [0.2, 0.25) is 0 Å². The van der Waals surface area contributed by atoms with E-state index in [4.69, 9.17) is 4.99 Å². The lowest BCUT2D eigenvalue weighted by Crippen LogP contribution is -2.38. The molecule has 1 aliphatic heterocycles. The second-order valence-electron chi connectivity index (χ2n) is 8.79. The Morgan fingerprint density at radius 3 is 2.86 bits per heavy atom. The lowest BCUT2D eigenvalue weighted by molar-refractivity contribution is 0.197. The summed E-state index contributed by atoms with van der Waals surface area (Å²) in [6.07, 6.45) is 9.82. The summed E-state index contributed by atoms with van der Waals surface area (Å²) in [7, 11) is 1.76. The first-order chi connectivity index (χ1) is 17.0. The van der Waals surface area contributed by atoms with Gasteiger partial charge < -0.3 is 5.32 Å². The maximum atomic E-state index is 9.24. The molecule has 1 atom stereocenters. The number of pyridine rings is 1. The first-order valence-electron chi connectivity index (χ1n) is 11.9. The number of nitriles is 1. The highest BCUT2D eigenvalue weighted by Crippen LogP contribution is 2.23. The van der Waals surface area contributed by atoms with Crippen LogP contribution in [0, 0.1) is 17.2 Å². The number of allylic oxidation sites excluding steroid dienone is 4. The molecule has 2 heterocycles. The highest BCUT2D eigenvalue weighted by Gasteiger charge is 2.24. The molecule has 0 amide bonds. The SMILES string of the molecule is CN=C/C(Br)=C(C)/N=C(\C=C(/C)NCc1cccnc1)C1CCCN(Cc2cccc(C#N)c2)C1. The summed E-state index contributed by atoms with van der Waals surface area (Å²) in [5, 5.41) is 12.7. The molecule has 6 nitrogen and oxygen atoms in total. The predicted octanol–water partition coefficient (Wildman–Crippen LogP) is 5.63. The third-order valence-corrected chi connectivity index (χ3v) is 6.71. The average molecular weight is 534 g/mol. The Bertz CT molecular complexity index is 1140. The topological polar surface area (TPSA) is 76.7 Å². The molecule has 0 bridgehead atoms. The molecule has 0 spiro atoms. The molecule has 1 unspecified atom stereocenters. The van der Waals surface area contributed by atoms with Crippen molar-refractivity contribution in [2.45, 2.75) is 39.8 Å². The van der Waals surface area contributed by atoms with Crippen molar-refractivity contribution in [2.75, 3.05) is 20.1 Å². The zero-order valence-electron chi connectivity index (χ0n) is 20.7. The fourth-order valence-electron chi connectivity index (χ4n) is 4.15. The van der Waals surface area contributed by atoms with E-state index in [1.54, 1.807) is 19.5 Å². The molecule has 1 aromatic heterocycles. The maximum absolute atomic E-state index is 9.24. The minimum atomic E-state index is 0.312. The summed E-state index contributed by atoms with van der Waals surface area (Å²) >= 11 is 3.60. The van der Waals surface area contributed by atoms with E-state index in [2.05, 4.69) is 67.3 Å². The number of rotatable bonds is 9. The Balaban J connectivity index is 1.80. The number of aromatic nitrogens is 1. The van der Waals surface area contributed by atoms with E-state index >= 15 is 0 Å². The molecule has 0 radical (unpaired) electrons. The molecule has 35 heavy (non-hydrogen) atoms. The van der Waals surface area contributed by atoms with Crippen LogP contribution in [-0.2, 0) is 13.1 Å². The lowest BCUT2D eigenvalue weighted by atomic mass is 9.92. The van der Waals surface area contributed by atoms with Gasteiger partial charge in [0.05, 0.1) is 21.8 Å². The Morgan fingerprint density at radius 1 is 1.29 bits per heavy atom. The van der Waals surface area contributed by atoms with Crippen LogP contribution < -0.4 is 5.32 Å². The fraction of sp³-hybridized carbons (Fsp3) is 0.357. The summed E-state index contributed by atoms with van der Waals surface area (Å²) < 4.78 is 0.882. The van der Waals surface area contributed by atoms with E-state index in [1.807, 2.05) is 37.4 Å².